The Hall–Kier alpha value is -3.67. The van der Waals surface area contributed by atoms with E-state index in [2.05, 4.69) is 26.3 Å². The molecule has 2 aliphatic heterocycles. The molecule has 2 amide bonds. The predicted molar refractivity (Wildman–Crippen MR) is 117 cm³/mol. The van der Waals surface area contributed by atoms with E-state index < -0.39 is 11.9 Å². The molecule has 2 aromatic rings. The Bertz CT molecular complexity index is 1140. The van der Waals surface area contributed by atoms with E-state index in [1.807, 2.05) is 6.92 Å². The van der Waals surface area contributed by atoms with Gasteiger partial charge in [-0.15, -0.1) is 0 Å². The number of piperidine rings is 1. The number of anilines is 2. The highest BCUT2D eigenvalue weighted by Crippen LogP contribution is 2.40. The zero-order valence-corrected chi connectivity index (χ0v) is 18.0. The van der Waals surface area contributed by atoms with Crippen molar-refractivity contribution in [2.75, 3.05) is 30.0 Å². The number of nitriles is 1. The molecule has 32 heavy (non-hydrogen) atoms. The molecule has 2 fully saturated rings. The van der Waals surface area contributed by atoms with Crippen molar-refractivity contribution >= 4 is 23.3 Å². The summed E-state index contributed by atoms with van der Waals surface area (Å²) in [5.74, 6) is 1.13. The summed E-state index contributed by atoms with van der Waals surface area (Å²) in [7, 11) is 1.62. The molecule has 1 saturated carbocycles. The molecule has 1 aliphatic carbocycles. The molecular weight excluding hydrogens is 408 g/mol. The Morgan fingerprint density at radius 2 is 2.19 bits per heavy atom. The van der Waals surface area contributed by atoms with Crippen LogP contribution in [0, 0.1) is 24.2 Å². The van der Waals surface area contributed by atoms with Crippen molar-refractivity contribution in [1.82, 2.24) is 15.3 Å². The van der Waals surface area contributed by atoms with Crippen LogP contribution in [0.2, 0.25) is 0 Å². The van der Waals surface area contributed by atoms with Crippen LogP contribution in [0.5, 0.6) is 5.75 Å². The summed E-state index contributed by atoms with van der Waals surface area (Å²) in [6, 6.07) is 6.50. The van der Waals surface area contributed by atoms with Crippen LogP contribution in [0.1, 0.15) is 41.0 Å². The molecule has 3 aliphatic rings. The average Bonchev–Trinajstić information content (AvgIpc) is 3.42. The molecule has 5 rings (SSSR count). The third-order valence-corrected chi connectivity index (χ3v) is 6.62. The maximum Gasteiger partial charge on any atom is 0.289 e. The number of fused-ring (bicyclic) bond motifs is 3. The second kappa shape index (κ2) is 7.79. The third-order valence-electron chi connectivity index (χ3n) is 6.62. The number of amides is 2. The monoisotopic (exact) mass is 432 g/mol. The number of carbonyl (C=O) groups is 2. The minimum Gasteiger partial charge on any atom is -0.489 e. The van der Waals surface area contributed by atoms with Crippen molar-refractivity contribution in [3.8, 4) is 11.8 Å². The SMILES string of the molecule is Cc1cnc(C(=O)N[C@H]2COc3cc(C#N)ccc3N(C)C2=O)nc1N1CC2CCC1C2. The third kappa shape index (κ3) is 3.42. The second-order valence-corrected chi connectivity index (χ2v) is 8.71. The first-order valence-electron chi connectivity index (χ1n) is 10.8. The number of nitrogens with zero attached hydrogens (tertiary/aromatic N) is 5. The van der Waals surface area contributed by atoms with E-state index in [-0.39, 0.29) is 18.3 Å². The number of aromatic nitrogens is 2. The van der Waals surface area contributed by atoms with E-state index in [1.165, 1.54) is 17.7 Å². The number of likely N-dealkylation sites (N-methyl/N-ethyl adjacent to an activating group) is 1. The molecule has 0 spiro atoms. The van der Waals surface area contributed by atoms with Gasteiger partial charge in [-0.2, -0.15) is 5.26 Å². The van der Waals surface area contributed by atoms with Crippen molar-refractivity contribution < 1.29 is 14.3 Å². The predicted octanol–water partition coefficient (Wildman–Crippen LogP) is 1.80. The maximum absolute atomic E-state index is 13.0. The van der Waals surface area contributed by atoms with Crippen LogP contribution < -0.4 is 19.9 Å². The second-order valence-electron chi connectivity index (χ2n) is 8.71. The summed E-state index contributed by atoms with van der Waals surface area (Å²) in [5, 5.41) is 11.8. The number of ether oxygens (including phenoxy) is 1. The van der Waals surface area contributed by atoms with Gasteiger partial charge in [-0.3, -0.25) is 9.59 Å². The van der Waals surface area contributed by atoms with Crippen molar-refractivity contribution in [3.63, 3.8) is 0 Å². The first kappa shape index (κ1) is 20.2. The number of hydrogen-bond acceptors (Lipinski definition) is 7. The van der Waals surface area contributed by atoms with Crippen LogP contribution in [0.4, 0.5) is 11.5 Å². The van der Waals surface area contributed by atoms with Crippen molar-refractivity contribution in [2.45, 2.75) is 38.3 Å². The number of aryl methyl sites for hydroxylation is 1. The van der Waals surface area contributed by atoms with Crippen LogP contribution in [-0.4, -0.2) is 54.1 Å². The first-order chi connectivity index (χ1) is 15.4. The van der Waals surface area contributed by atoms with Crippen molar-refractivity contribution in [1.29, 1.82) is 5.26 Å². The van der Waals surface area contributed by atoms with Gasteiger partial charge in [0.15, 0.2) is 0 Å². The molecule has 2 unspecified atom stereocenters. The highest BCUT2D eigenvalue weighted by Gasteiger charge is 2.39. The lowest BCUT2D eigenvalue weighted by atomic mass is 10.1. The number of nitrogens with one attached hydrogen (secondary N) is 1. The Balaban J connectivity index is 1.34. The van der Waals surface area contributed by atoms with Crippen LogP contribution in [0.25, 0.3) is 0 Å². The first-order valence-corrected chi connectivity index (χ1v) is 10.8. The van der Waals surface area contributed by atoms with Crippen LogP contribution in [0.3, 0.4) is 0 Å². The van der Waals surface area contributed by atoms with Crippen LogP contribution in [0.15, 0.2) is 24.4 Å². The van der Waals surface area contributed by atoms with E-state index in [1.54, 1.807) is 31.4 Å². The largest absolute Gasteiger partial charge is 0.489 e. The highest BCUT2D eigenvalue weighted by molar-refractivity contribution is 6.02. The molecule has 0 radical (unpaired) electrons. The molecular formula is C23H24N6O3. The van der Waals surface area contributed by atoms with Gasteiger partial charge in [-0.05, 0) is 44.2 Å². The fraction of sp³-hybridized carbons (Fsp3) is 0.435. The van der Waals surface area contributed by atoms with Crippen LogP contribution in [-0.2, 0) is 4.79 Å². The van der Waals surface area contributed by atoms with Crippen molar-refractivity contribution in [3.05, 3.63) is 41.3 Å². The maximum atomic E-state index is 13.0. The lowest BCUT2D eigenvalue weighted by Crippen LogP contribution is -2.49. The molecule has 164 valence electrons. The summed E-state index contributed by atoms with van der Waals surface area (Å²) in [6.07, 6.45) is 5.26. The van der Waals surface area contributed by atoms with E-state index in [0.717, 1.165) is 24.3 Å². The topological polar surface area (TPSA) is 111 Å². The molecule has 3 atom stereocenters. The Kier molecular flexibility index (Phi) is 4.93. The highest BCUT2D eigenvalue weighted by atomic mass is 16.5. The van der Waals surface area contributed by atoms with E-state index in [4.69, 9.17) is 10.00 Å². The van der Waals surface area contributed by atoms with Gasteiger partial charge in [-0.25, -0.2) is 9.97 Å². The van der Waals surface area contributed by atoms with Gasteiger partial charge < -0.3 is 19.9 Å². The van der Waals surface area contributed by atoms with Gasteiger partial charge in [0.05, 0.1) is 17.3 Å². The Morgan fingerprint density at radius 1 is 1.34 bits per heavy atom. The van der Waals surface area contributed by atoms with Gasteiger partial charge in [-0.1, -0.05) is 0 Å². The lowest BCUT2D eigenvalue weighted by Gasteiger charge is -2.29. The summed E-state index contributed by atoms with van der Waals surface area (Å²) >= 11 is 0. The van der Waals surface area contributed by atoms with Gasteiger partial charge in [0.1, 0.15) is 24.2 Å². The molecule has 3 heterocycles. The smallest absolute Gasteiger partial charge is 0.289 e. The van der Waals surface area contributed by atoms with Gasteiger partial charge in [0, 0.05) is 37.5 Å². The molecule has 1 aromatic heterocycles. The van der Waals surface area contributed by atoms with Crippen LogP contribution >= 0.6 is 0 Å². The number of rotatable bonds is 3. The number of carbonyl (C=O) groups excluding carboxylic acids is 2. The molecule has 9 heteroatoms. The minimum absolute atomic E-state index is 0.0392. The van der Waals surface area contributed by atoms with E-state index >= 15 is 0 Å². The van der Waals surface area contributed by atoms with E-state index in [0.29, 0.717) is 29.0 Å². The minimum atomic E-state index is -0.901. The normalized spacial score (nSPS) is 23.9. The number of benzene rings is 1. The zero-order chi connectivity index (χ0) is 22.4. The van der Waals surface area contributed by atoms with Crippen molar-refractivity contribution in [2.24, 2.45) is 5.92 Å². The molecule has 1 aromatic carbocycles. The summed E-state index contributed by atoms with van der Waals surface area (Å²) in [5.41, 5.74) is 1.92. The summed E-state index contributed by atoms with van der Waals surface area (Å²) in [6.45, 7) is 2.87. The molecule has 1 N–H and O–H groups in total. The zero-order valence-electron chi connectivity index (χ0n) is 18.0. The fourth-order valence-electron chi connectivity index (χ4n) is 4.92. The quantitative estimate of drug-likeness (QED) is 0.787. The lowest BCUT2D eigenvalue weighted by molar-refractivity contribution is -0.120. The van der Waals surface area contributed by atoms with Gasteiger partial charge >= 0.3 is 0 Å². The molecule has 9 nitrogen and oxygen atoms in total. The number of hydrogen-bond donors (Lipinski definition) is 1. The van der Waals surface area contributed by atoms with Gasteiger partial charge in [0.25, 0.3) is 11.8 Å². The Morgan fingerprint density at radius 3 is 2.91 bits per heavy atom. The summed E-state index contributed by atoms with van der Waals surface area (Å²) in [4.78, 5) is 38.4. The molecule has 1 saturated heterocycles. The molecule has 2 bridgehead atoms. The standard InChI is InChI=1S/C23H24N6O3/c1-13-10-25-20(27-21(13)29-11-15-3-5-16(29)7-15)22(30)26-17-12-32-19-8-14(9-24)4-6-18(19)28(2)23(17)31/h4,6,8,10,15-17H,3,5,7,11-12H2,1-2H3,(H,26,30)/t15?,16?,17-/m0/s1. The average molecular weight is 432 g/mol. The van der Waals surface area contributed by atoms with E-state index in [9.17, 15) is 9.59 Å². The van der Waals surface area contributed by atoms with Gasteiger partial charge in [0.2, 0.25) is 5.82 Å². The Labute approximate surface area is 186 Å². The fourth-order valence-corrected chi connectivity index (χ4v) is 4.92. The summed E-state index contributed by atoms with van der Waals surface area (Å²) < 4.78 is 5.76.